The van der Waals surface area contributed by atoms with Gasteiger partial charge >= 0.3 is 0 Å². The maximum atomic E-state index is 10.7. The van der Waals surface area contributed by atoms with E-state index in [1.54, 1.807) is 12.1 Å². The molecule has 0 saturated carbocycles. The Bertz CT molecular complexity index is 398. The summed E-state index contributed by atoms with van der Waals surface area (Å²) in [6.07, 6.45) is 4.21. The van der Waals surface area contributed by atoms with Gasteiger partial charge < -0.3 is 4.42 Å². The summed E-state index contributed by atoms with van der Waals surface area (Å²) in [5.41, 5.74) is 1.75. The van der Waals surface area contributed by atoms with Crippen molar-refractivity contribution in [1.29, 1.82) is 0 Å². The first-order valence-electron chi connectivity index (χ1n) is 4.57. The van der Waals surface area contributed by atoms with Gasteiger partial charge in [-0.2, -0.15) is 0 Å². The maximum Gasteiger partial charge on any atom is 0.185 e. The molecule has 14 heavy (non-hydrogen) atoms. The Hall–Kier alpha value is -1.64. The molecule has 72 valence electrons. The van der Waals surface area contributed by atoms with Gasteiger partial charge in [-0.1, -0.05) is 0 Å². The molecule has 0 atom stereocenters. The Morgan fingerprint density at radius 1 is 1.14 bits per heavy atom. The van der Waals surface area contributed by atoms with Gasteiger partial charge in [-0.3, -0.25) is 9.59 Å². The maximum absolute atomic E-state index is 10.7. The van der Waals surface area contributed by atoms with E-state index < -0.39 is 0 Å². The average Bonchev–Trinajstić information content (AvgIpc) is 2.85. The molecule has 2 rings (SSSR count). The SMILES string of the molecule is O=CC1=C(c2ccc(C=O)o2)CCC1. The van der Waals surface area contributed by atoms with Gasteiger partial charge in [0.1, 0.15) is 12.0 Å². The van der Waals surface area contributed by atoms with Crippen molar-refractivity contribution in [3.05, 3.63) is 29.2 Å². The number of furan rings is 1. The van der Waals surface area contributed by atoms with Crippen LogP contribution < -0.4 is 0 Å². The molecule has 3 heteroatoms. The molecule has 1 aliphatic rings. The van der Waals surface area contributed by atoms with Crippen LogP contribution in [-0.4, -0.2) is 12.6 Å². The molecular formula is C11H10O3. The number of rotatable bonds is 3. The normalized spacial score (nSPS) is 16.0. The van der Waals surface area contributed by atoms with Crippen molar-refractivity contribution in [1.82, 2.24) is 0 Å². The minimum absolute atomic E-state index is 0.310. The molecule has 0 spiro atoms. The van der Waals surface area contributed by atoms with Crippen LogP contribution in [-0.2, 0) is 4.79 Å². The molecule has 0 fully saturated rings. The van der Waals surface area contributed by atoms with Gasteiger partial charge in [-0.15, -0.1) is 0 Å². The van der Waals surface area contributed by atoms with E-state index >= 15 is 0 Å². The van der Waals surface area contributed by atoms with E-state index in [4.69, 9.17) is 4.42 Å². The minimum Gasteiger partial charge on any atom is -0.454 e. The van der Waals surface area contributed by atoms with E-state index in [1.807, 2.05) is 0 Å². The first kappa shape index (κ1) is 8.94. The average molecular weight is 190 g/mol. The van der Waals surface area contributed by atoms with Gasteiger partial charge in [0.2, 0.25) is 0 Å². The van der Waals surface area contributed by atoms with Crippen LogP contribution >= 0.6 is 0 Å². The summed E-state index contributed by atoms with van der Waals surface area (Å²) in [7, 11) is 0. The molecule has 0 saturated heterocycles. The van der Waals surface area contributed by atoms with Gasteiger partial charge in [0.05, 0.1) is 0 Å². The third kappa shape index (κ3) is 1.41. The fourth-order valence-corrected chi connectivity index (χ4v) is 1.76. The summed E-state index contributed by atoms with van der Waals surface area (Å²) in [6, 6.07) is 3.37. The molecule has 3 nitrogen and oxygen atoms in total. The second-order valence-corrected chi connectivity index (χ2v) is 3.30. The van der Waals surface area contributed by atoms with Crippen molar-refractivity contribution >= 4 is 18.1 Å². The van der Waals surface area contributed by atoms with Crippen LogP contribution in [0.15, 0.2) is 22.1 Å². The molecular weight excluding hydrogens is 180 g/mol. The lowest BCUT2D eigenvalue weighted by Crippen LogP contribution is -1.83. The molecule has 0 unspecified atom stereocenters. The zero-order valence-corrected chi connectivity index (χ0v) is 7.66. The van der Waals surface area contributed by atoms with Gasteiger partial charge in [0, 0.05) is 5.57 Å². The Labute approximate surface area is 81.4 Å². The van der Waals surface area contributed by atoms with Crippen LogP contribution in [0.5, 0.6) is 0 Å². The third-order valence-electron chi connectivity index (χ3n) is 2.44. The third-order valence-corrected chi connectivity index (χ3v) is 2.44. The summed E-state index contributed by atoms with van der Waals surface area (Å²) in [5, 5.41) is 0. The van der Waals surface area contributed by atoms with Crippen molar-refractivity contribution in [3.8, 4) is 0 Å². The second-order valence-electron chi connectivity index (χ2n) is 3.30. The van der Waals surface area contributed by atoms with E-state index in [0.29, 0.717) is 17.8 Å². The van der Waals surface area contributed by atoms with E-state index in [1.165, 1.54) is 0 Å². The second kappa shape index (κ2) is 3.62. The standard InChI is InChI=1S/C11H10O3/c12-6-8-2-1-3-10(8)11-5-4-9(7-13)14-11/h4-7H,1-3H2. The summed E-state index contributed by atoms with van der Waals surface area (Å²) in [4.78, 5) is 21.1. The summed E-state index contributed by atoms with van der Waals surface area (Å²) < 4.78 is 5.26. The lowest BCUT2D eigenvalue weighted by atomic mass is 10.1. The Morgan fingerprint density at radius 2 is 2.00 bits per heavy atom. The fourth-order valence-electron chi connectivity index (χ4n) is 1.76. The smallest absolute Gasteiger partial charge is 0.185 e. The van der Waals surface area contributed by atoms with Crippen LogP contribution in [0.4, 0.5) is 0 Å². The van der Waals surface area contributed by atoms with Gasteiger partial charge in [-0.05, 0) is 37.0 Å². The molecule has 1 aliphatic carbocycles. The molecule has 0 radical (unpaired) electrons. The molecule has 0 N–H and O–H groups in total. The first-order chi connectivity index (χ1) is 6.85. The van der Waals surface area contributed by atoms with Gasteiger partial charge in [-0.25, -0.2) is 0 Å². The zero-order valence-electron chi connectivity index (χ0n) is 7.66. The summed E-state index contributed by atoms with van der Waals surface area (Å²) >= 11 is 0. The van der Waals surface area contributed by atoms with Crippen molar-refractivity contribution in [3.63, 3.8) is 0 Å². The van der Waals surface area contributed by atoms with Crippen molar-refractivity contribution in [2.75, 3.05) is 0 Å². The van der Waals surface area contributed by atoms with Gasteiger partial charge in [0.25, 0.3) is 0 Å². The topological polar surface area (TPSA) is 47.3 Å². The molecule has 0 bridgehead atoms. The number of hydrogen-bond acceptors (Lipinski definition) is 3. The molecule has 0 aliphatic heterocycles. The molecule has 0 aromatic carbocycles. The van der Waals surface area contributed by atoms with E-state index in [-0.39, 0.29) is 0 Å². The summed E-state index contributed by atoms with van der Waals surface area (Å²) in [6.45, 7) is 0. The number of hydrogen-bond donors (Lipinski definition) is 0. The number of carbonyl (C=O) groups excluding carboxylic acids is 2. The molecule has 0 amide bonds. The van der Waals surface area contributed by atoms with Crippen LogP contribution in [0.2, 0.25) is 0 Å². The highest BCUT2D eigenvalue weighted by Crippen LogP contribution is 2.33. The quantitative estimate of drug-likeness (QED) is 0.686. The van der Waals surface area contributed by atoms with E-state index in [0.717, 1.165) is 36.7 Å². The zero-order chi connectivity index (χ0) is 9.97. The van der Waals surface area contributed by atoms with Crippen molar-refractivity contribution < 1.29 is 14.0 Å². The Morgan fingerprint density at radius 3 is 2.64 bits per heavy atom. The van der Waals surface area contributed by atoms with Crippen LogP contribution in [0.3, 0.4) is 0 Å². The van der Waals surface area contributed by atoms with Crippen molar-refractivity contribution in [2.24, 2.45) is 0 Å². The monoisotopic (exact) mass is 190 g/mol. The number of carbonyl (C=O) groups is 2. The van der Waals surface area contributed by atoms with Crippen molar-refractivity contribution in [2.45, 2.75) is 19.3 Å². The first-order valence-corrected chi connectivity index (χ1v) is 4.57. The lowest BCUT2D eigenvalue weighted by molar-refractivity contribution is -0.104. The van der Waals surface area contributed by atoms with Gasteiger partial charge in [0.15, 0.2) is 12.0 Å². The molecule has 1 aromatic heterocycles. The molecule has 1 heterocycles. The number of allylic oxidation sites excluding steroid dienone is 2. The largest absolute Gasteiger partial charge is 0.454 e. The van der Waals surface area contributed by atoms with E-state index in [9.17, 15) is 9.59 Å². The predicted octanol–water partition coefficient (Wildman–Crippen LogP) is 2.23. The minimum atomic E-state index is 0.310. The summed E-state index contributed by atoms with van der Waals surface area (Å²) in [5.74, 6) is 0.969. The number of aldehydes is 2. The van der Waals surface area contributed by atoms with Crippen LogP contribution in [0.25, 0.3) is 5.57 Å². The highest BCUT2D eigenvalue weighted by molar-refractivity contribution is 5.88. The lowest BCUT2D eigenvalue weighted by Gasteiger charge is -1.96. The Kier molecular flexibility index (Phi) is 2.31. The predicted molar refractivity (Wildman–Crippen MR) is 50.9 cm³/mol. The highest BCUT2D eigenvalue weighted by atomic mass is 16.3. The van der Waals surface area contributed by atoms with Crippen LogP contribution in [0.1, 0.15) is 35.6 Å². The Balaban J connectivity index is 2.38. The van der Waals surface area contributed by atoms with Crippen LogP contribution in [0, 0.1) is 0 Å². The molecule has 1 aromatic rings. The van der Waals surface area contributed by atoms with E-state index in [2.05, 4.69) is 0 Å². The fraction of sp³-hybridized carbons (Fsp3) is 0.273. The highest BCUT2D eigenvalue weighted by Gasteiger charge is 2.18.